The van der Waals surface area contributed by atoms with Crippen molar-refractivity contribution in [1.82, 2.24) is 10.1 Å². The van der Waals surface area contributed by atoms with Crippen LogP contribution in [0.2, 0.25) is 0 Å². The Morgan fingerprint density at radius 1 is 1.43 bits per heavy atom. The largest absolute Gasteiger partial charge is 0.504 e. The Kier molecular flexibility index (Phi) is 4.69. The molecule has 2 aliphatic rings. The van der Waals surface area contributed by atoms with Crippen LogP contribution in [0.5, 0.6) is 11.5 Å². The summed E-state index contributed by atoms with van der Waals surface area (Å²) in [7, 11) is 5.68. The summed E-state index contributed by atoms with van der Waals surface area (Å²) in [4.78, 5) is 12.6. The van der Waals surface area contributed by atoms with Gasteiger partial charge < -0.3 is 20.0 Å². The molecule has 122 valence electrons. The monoisotopic (exact) mass is 314 g/mol. The van der Waals surface area contributed by atoms with Gasteiger partial charge in [0.1, 0.15) is 0 Å². The number of urea groups is 1. The van der Waals surface area contributed by atoms with E-state index in [-0.39, 0.29) is 23.8 Å². The highest BCUT2D eigenvalue weighted by molar-refractivity contribution is 6.14. The summed E-state index contributed by atoms with van der Waals surface area (Å²) in [5.74, 6) is 1.51. The van der Waals surface area contributed by atoms with Gasteiger partial charge in [-0.15, -0.1) is 0 Å². The van der Waals surface area contributed by atoms with Crippen LogP contribution in [0, 0.1) is 5.92 Å². The Morgan fingerprint density at radius 2 is 2.26 bits per heavy atom. The number of carbonyl (C=O) groups excluding carboxylic acids is 1. The van der Waals surface area contributed by atoms with Crippen LogP contribution in [0.3, 0.4) is 0 Å². The molecule has 1 unspecified atom stereocenters. The third-order valence-corrected chi connectivity index (χ3v) is 5.00. The van der Waals surface area contributed by atoms with Gasteiger partial charge in [-0.2, -0.15) is 0 Å². The number of carbonyl (C=O) groups is 1. The molecule has 0 bridgehead atoms. The fraction of sp³-hybridized carbons (Fsp3) is 0.588. The molecule has 1 heterocycles. The number of benzene rings is 1. The van der Waals surface area contributed by atoms with E-state index in [0.717, 1.165) is 24.3 Å². The number of phenolic OH excluding ortho intramolecular Hbond substituents is 1. The molecule has 3 atom stereocenters. The van der Waals surface area contributed by atoms with Crippen molar-refractivity contribution >= 4 is 14.0 Å². The second-order valence-corrected chi connectivity index (χ2v) is 6.59. The minimum absolute atomic E-state index is 0.0904. The predicted molar refractivity (Wildman–Crippen MR) is 88.8 cm³/mol. The molecule has 2 N–H and O–H groups in total. The van der Waals surface area contributed by atoms with E-state index in [1.165, 1.54) is 17.7 Å². The van der Waals surface area contributed by atoms with Crippen molar-refractivity contribution in [1.29, 1.82) is 0 Å². The number of amides is 2. The second-order valence-electron chi connectivity index (χ2n) is 6.59. The summed E-state index contributed by atoms with van der Waals surface area (Å²) >= 11 is 0. The first-order valence-electron chi connectivity index (χ1n) is 8.36. The average Bonchev–Trinajstić information content (AvgIpc) is 3.00. The van der Waals surface area contributed by atoms with Gasteiger partial charge in [-0.1, -0.05) is 19.4 Å². The second kappa shape index (κ2) is 6.73. The van der Waals surface area contributed by atoms with Crippen LogP contribution in [0.1, 0.15) is 44.1 Å². The standard InChI is InChI=1S/C17H23BN2O3/c1-2-11-3-5-14(7-11)23-16-8-12(4-6-15(16)21)13-9-19-17(22)20(18)10-13/h4,6,8,11,13-14,21H,2-3,5,7,9-10H2,1H3,(H,19,22)/t11-,13?,14-/m0/s1. The molecule has 23 heavy (non-hydrogen) atoms. The van der Waals surface area contributed by atoms with Gasteiger partial charge in [-0.3, -0.25) is 4.79 Å². The molecule has 0 spiro atoms. The zero-order chi connectivity index (χ0) is 16.4. The van der Waals surface area contributed by atoms with Gasteiger partial charge >= 0.3 is 6.03 Å². The summed E-state index contributed by atoms with van der Waals surface area (Å²) in [5, 5.41) is 12.8. The smallest absolute Gasteiger partial charge is 0.304 e. The highest BCUT2D eigenvalue weighted by Crippen LogP contribution is 2.36. The van der Waals surface area contributed by atoms with Crippen LogP contribution in [-0.2, 0) is 0 Å². The number of hydrogen-bond acceptors (Lipinski definition) is 3. The third kappa shape index (κ3) is 3.57. The minimum Gasteiger partial charge on any atom is -0.504 e. The molecule has 1 aromatic carbocycles. The van der Waals surface area contributed by atoms with E-state index in [1.807, 2.05) is 12.1 Å². The molecule has 2 amide bonds. The average molecular weight is 314 g/mol. The lowest BCUT2D eigenvalue weighted by molar-refractivity contribution is 0.195. The predicted octanol–water partition coefficient (Wildman–Crippen LogP) is 2.54. The lowest BCUT2D eigenvalue weighted by atomic mass is 9.95. The number of ether oxygens (including phenoxy) is 1. The first-order chi connectivity index (χ1) is 11.1. The van der Waals surface area contributed by atoms with Gasteiger partial charge in [0.25, 0.3) is 0 Å². The van der Waals surface area contributed by atoms with E-state index in [0.29, 0.717) is 18.8 Å². The van der Waals surface area contributed by atoms with Crippen molar-refractivity contribution in [3.63, 3.8) is 0 Å². The molecule has 2 fully saturated rings. The molecule has 0 aromatic heterocycles. The van der Waals surface area contributed by atoms with Crippen LogP contribution >= 0.6 is 0 Å². The number of hydrogen-bond donors (Lipinski definition) is 2. The lowest BCUT2D eigenvalue weighted by Gasteiger charge is -2.31. The van der Waals surface area contributed by atoms with Crippen molar-refractivity contribution in [2.24, 2.45) is 5.92 Å². The van der Waals surface area contributed by atoms with Crippen LogP contribution in [0.15, 0.2) is 18.2 Å². The molecule has 1 saturated heterocycles. The van der Waals surface area contributed by atoms with E-state index in [9.17, 15) is 9.90 Å². The fourth-order valence-corrected chi connectivity index (χ4v) is 3.49. The number of nitrogens with one attached hydrogen (secondary N) is 1. The maximum atomic E-state index is 11.4. The van der Waals surface area contributed by atoms with Crippen LogP contribution in [-0.4, -0.2) is 43.1 Å². The van der Waals surface area contributed by atoms with Crippen LogP contribution in [0.25, 0.3) is 0 Å². The molecule has 5 nitrogen and oxygen atoms in total. The normalized spacial score (nSPS) is 27.8. The van der Waals surface area contributed by atoms with Crippen molar-refractivity contribution in [2.45, 2.75) is 44.6 Å². The zero-order valence-electron chi connectivity index (χ0n) is 13.5. The highest BCUT2D eigenvalue weighted by atomic mass is 16.5. The molecule has 1 aliphatic carbocycles. The van der Waals surface area contributed by atoms with Crippen molar-refractivity contribution in [2.75, 3.05) is 13.1 Å². The number of aromatic hydroxyl groups is 1. The maximum absolute atomic E-state index is 11.4. The summed E-state index contributed by atoms with van der Waals surface area (Å²) < 4.78 is 6.04. The zero-order valence-corrected chi connectivity index (χ0v) is 13.5. The molecule has 1 saturated carbocycles. The number of rotatable bonds is 4. The summed E-state index contributed by atoms with van der Waals surface area (Å²) in [6.07, 6.45) is 4.64. The highest BCUT2D eigenvalue weighted by Gasteiger charge is 2.27. The van der Waals surface area contributed by atoms with E-state index in [1.54, 1.807) is 6.07 Å². The Morgan fingerprint density at radius 3 is 2.96 bits per heavy atom. The Bertz CT molecular complexity index is 581. The van der Waals surface area contributed by atoms with E-state index in [4.69, 9.17) is 12.7 Å². The first-order valence-corrected chi connectivity index (χ1v) is 8.36. The Labute approximate surface area is 138 Å². The molecule has 3 rings (SSSR count). The van der Waals surface area contributed by atoms with E-state index in [2.05, 4.69) is 12.2 Å². The summed E-state index contributed by atoms with van der Waals surface area (Å²) in [6, 6.07) is 5.15. The topological polar surface area (TPSA) is 61.8 Å². The van der Waals surface area contributed by atoms with Crippen molar-refractivity contribution in [3.8, 4) is 11.5 Å². The van der Waals surface area contributed by atoms with Gasteiger partial charge in [0.2, 0.25) is 7.98 Å². The SMILES string of the molecule is [B]N1CC(c2ccc(O)c(O[C@H]3CC[C@H](CC)C3)c2)CNC1=O. The summed E-state index contributed by atoms with van der Waals surface area (Å²) in [5.41, 5.74) is 1.01. The molecular weight excluding hydrogens is 291 g/mol. The molecule has 1 aromatic rings. The minimum atomic E-state index is -0.256. The van der Waals surface area contributed by atoms with E-state index < -0.39 is 0 Å². The number of nitrogens with zero attached hydrogens (tertiary/aromatic N) is 1. The molecular formula is C17H23BN2O3. The molecule has 2 radical (unpaired) electrons. The van der Waals surface area contributed by atoms with Gasteiger partial charge in [0.15, 0.2) is 11.5 Å². The quantitative estimate of drug-likeness (QED) is 0.840. The van der Waals surface area contributed by atoms with Crippen molar-refractivity contribution in [3.05, 3.63) is 23.8 Å². The van der Waals surface area contributed by atoms with Crippen LogP contribution in [0.4, 0.5) is 4.79 Å². The summed E-state index contributed by atoms with van der Waals surface area (Å²) in [6.45, 7) is 3.20. The Balaban J connectivity index is 1.70. The van der Waals surface area contributed by atoms with Crippen LogP contribution < -0.4 is 10.1 Å². The lowest BCUT2D eigenvalue weighted by Crippen LogP contribution is -2.48. The fourth-order valence-electron chi connectivity index (χ4n) is 3.49. The molecule has 1 aliphatic heterocycles. The van der Waals surface area contributed by atoms with Gasteiger partial charge in [-0.25, -0.2) is 0 Å². The number of phenols is 1. The van der Waals surface area contributed by atoms with Gasteiger partial charge in [0.05, 0.1) is 6.10 Å². The maximum Gasteiger partial charge on any atom is 0.304 e. The third-order valence-electron chi connectivity index (χ3n) is 5.00. The molecule has 6 heteroatoms. The van der Waals surface area contributed by atoms with Crippen molar-refractivity contribution < 1.29 is 14.6 Å². The Hall–Kier alpha value is -1.85. The van der Waals surface area contributed by atoms with Gasteiger partial charge in [-0.05, 0) is 42.9 Å². The van der Waals surface area contributed by atoms with Gasteiger partial charge in [0, 0.05) is 19.0 Å². The first kappa shape index (κ1) is 16.0. The van der Waals surface area contributed by atoms with E-state index >= 15 is 0 Å².